The number of aryl methyl sites for hydroxylation is 1. The van der Waals surface area contributed by atoms with Gasteiger partial charge in [-0.3, -0.25) is 0 Å². The van der Waals surface area contributed by atoms with Crippen LogP contribution in [0.1, 0.15) is 21.6 Å². The maximum Gasteiger partial charge on any atom is 0.0887 e. The van der Waals surface area contributed by atoms with Crippen molar-refractivity contribution < 1.29 is 9.90 Å². The number of fused-ring (bicyclic) bond motifs is 1. The number of hydrogen-bond donors (Lipinski definition) is 0. The summed E-state index contributed by atoms with van der Waals surface area (Å²) < 4.78 is 2.83. The van der Waals surface area contributed by atoms with Gasteiger partial charge in [0.05, 0.1) is 11.7 Å². The molecule has 1 heterocycles. The molecule has 4 heteroatoms. The van der Waals surface area contributed by atoms with Gasteiger partial charge in [0.2, 0.25) is 0 Å². The Morgan fingerprint density at radius 2 is 1.63 bits per heavy atom. The Morgan fingerprint density at radius 3 is 2.30 bits per heavy atom. The fraction of sp³-hybridized carbons (Fsp3) is 0.0870. The van der Waals surface area contributed by atoms with Crippen LogP contribution in [0.25, 0.3) is 22.0 Å². The lowest BCUT2D eigenvalue weighted by molar-refractivity contribution is -0.255. The van der Waals surface area contributed by atoms with E-state index in [0.29, 0.717) is 12.1 Å². The summed E-state index contributed by atoms with van der Waals surface area (Å²) in [6, 6.07) is 23.6. The summed E-state index contributed by atoms with van der Waals surface area (Å²) in [5, 5.41) is 13.1. The summed E-state index contributed by atoms with van der Waals surface area (Å²) in [5.74, 6) is -1.17. The number of aromatic carboxylic acids is 1. The first-order chi connectivity index (χ1) is 13.0. The number of para-hydroxylation sites is 1. The number of carbonyl (C=O) groups is 1. The first-order valence-corrected chi connectivity index (χ1v) is 9.48. The molecule has 4 rings (SSSR count). The van der Waals surface area contributed by atoms with Crippen molar-refractivity contribution in [3.8, 4) is 11.1 Å². The molecule has 0 atom stereocenters. The van der Waals surface area contributed by atoms with Gasteiger partial charge in [-0.2, -0.15) is 0 Å². The monoisotopic (exact) mass is 418 g/mol. The van der Waals surface area contributed by atoms with Crippen LogP contribution in [0.5, 0.6) is 0 Å². The summed E-state index contributed by atoms with van der Waals surface area (Å²) >= 11 is 3.44. The van der Waals surface area contributed by atoms with Crippen molar-refractivity contribution in [1.29, 1.82) is 0 Å². The average molecular weight is 419 g/mol. The minimum atomic E-state index is -1.17. The Labute approximate surface area is 166 Å². The second-order valence-electron chi connectivity index (χ2n) is 6.61. The standard InChI is InChI=1S/C23H18BrNO2/c1-15-6-10-17(11-7-15)21-19-4-2-3-5-20(19)25(22(21)23(26)27)14-16-8-12-18(24)13-9-16/h2-13H,14H2,1H3,(H,26,27)/p-1. The topological polar surface area (TPSA) is 45.1 Å². The van der Waals surface area contributed by atoms with Gasteiger partial charge in [-0.1, -0.05) is 76.1 Å². The molecule has 1 aromatic heterocycles. The molecule has 0 bridgehead atoms. The second-order valence-corrected chi connectivity index (χ2v) is 7.52. The molecule has 3 nitrogen and oxygen atoms in total. The van der Waals surface area contributed by atoms with E-state index in [-0.39, 0.29) is 5.69 Å². The Balaban J connectivity index is 1.98. The molecule has 3 aromatic carbocycles. The Kier molecular flexibility index (Phi) is 4.58. The van der Waals surface area contributed by atoms with Gasteiger partial charge in [0, 0.05) is 27.5 Å². The fourth-order valence-electron chi connectivity index (χ4n) is 3.46. The molecule has 4 aromatic rings. The molecule has 0 fully saturated rings. The number of nitrogens with zero attached hydrogens (tertiary/aromatic N) is 1. The quantitative estimate of drug-likeness (QED) is 0.478. The van der Waals surface area contributed by atoms with Crippen molar-refractivity contribution in [2.45, 2.75) is 13.5 Å². The summed E-state index contributed by atoms with van der Waals surface area (Å²) in [6.07, 6.45) is 0. The number of halogens is 1. The number of aromatic nitrogens is 1. The smallest absolute Gasteiger partial charge is 0.0887 e. The average Bonchev–Trinajstić information content (AvgIpc) is 2.99. The van der Waals surface area contributed by atoms with Gasteiger partial charge in [0.15, 0.2) is 0 Å². The van der Waals surface area contributed by atoms with Gasteiger partial charge >= 0.3 is 0 Å². The number of carboxylic acid groups (broad SMARTS) is 1. The highest BCUT2D eigenvalue weighted by molar-refractivity contribution is 9.10. The highest BCUT2D eigenvalue weighted by Crippen LogP contribution is 2.35. The van der Waals surface area contributed by atoms with Gasteiger partial charge in [-0.05, 0) is 36.2 Å². The van der Waals surface area contributed by atoms with E-state index in [1.54, 1.807) is 0 Å². The Morgan fingerprint density at radius 1 is 0.963 bits per heavy atom. The van der Waals surface area contributed by atoms with E-state index in [0.717, 1.165) is 32.1 Å². The van der Waals surface area contributed by atoms with E-state index in [4.69, 9.17) is 0 Å². The van der Waals surface area contributed by atoms with Crippen molar-refractivity contribution in [2.75, 3.05) is 0 Å². The maximum absolute atomic E-state index is 12.2. The van der Waals surface area contributed by atoms with Crippen LogP contribution in [-0.4, -0.2) is 10.5 Å². The molecule has 0 saturated heterocycles. The van der Waals surface area contributed by atoms with Crippen molar-refractivity contribution >= 4 is 32.8 Å². The van der Waals surface area contributed by atoms with Gasteiger partial charge in [-0.15, -0.1) is 0 Å². The van der Waals surface area contributed by atoms with Gasteiger partial charge < -0.3 is 14.5 Å². The molecule has 0 aliphatic rings. The van der Waals surface area contributed by atoms with Crippen LogP contribution in [-0.2, 0) is 6.54 Å². The van der Waals surface area contributed by atoms with E-state index in [9.17, 15) is 9.90 Å². The van der Waals surface area contributed by atoms with Gasteiger partial charge in [-0.25, -0.2) is 0 Å². The molecule has 0 aliphatic heterocycles. The van der Waals surface area contributed by atoms with Gasteiger partial charge in [0.1, 0.15) is 0 Å². The van der Waals surface area contributed by atoms with Crippen LogP contribution >= 0.6 is 15.9 Å². The summed E-state index contributed by atoms with van der Waals surface area (Å²) in [7, 11) is 0. The van der Waals surface area contributed by atoms with E-state index in [1.165, 1.54) is 0 Å². The van der Waals surface area contributed by atoms with Crippen molar-refractivity contribution in [1.82, 2.24) is 4.57 Å². The minimum absolute atomic E-state index is 0.211. The number of benzene rings is 3. The van der Waals surface area contributed by atoms with Crippen LogP contribution in [0.3, 0.4) is 0 Å². The molecule has 0 N–H and O–H groups in total. The van der Waals surface area contributed by atoms with Crippen LogP contribution < -0.4 is 5.11 Å². The zero-order valence-electron chi connectivity index (χ0n) is 14.8. The SMILES string of the molecule is Cc1ccc(-c2c(C(=O)[O-])n(Cc3ccc(Br)cc3)c3ccccc23)cc1. The lowest BCUT2D eigenvalue weighted by Gasteiger charge is -2.14. The largest absolute Gasteiger partial charge is 0.543 e. The fourth-order valence-corrected chi connectivity index (χ4v) is 3.73. The van der Waals surface area contributed by atoms with Crippen molar-refractivity contribution in [3.05, 3.63) is 94.1 Å². The number of carbonyl (C=O) groups excluding carboxylic acids is 1. The van der Waals surface area contributed by atoms with Crippen LogP contribution in [0.2, 0.25) is 0 Å². The predicted octanol–water partition coefficient (Wildman–Crippen LogP) is 4.79. The van der Waals surface area contributed by atoms with E-state index in [2.05, 4.69) is 15.9 Å². The van der Waals surface area contributed by atoms with E-state index >= 15 is 0 Å². The number of carboxylic acids is 1. The molecule has 0 unspecified atom stereocenters. The minimum Gasteiger partial charge on any atom is -0.543 e. The first kappa shape index (κ1) is 17.6. The van der Waals surface area contributed by atoms with Crippen molar-refractivity contribution in [2.24, 2.45) is 0 Å². The molecule has 0 aliphatic carbocycles. The summed E-state index contributed by atoms with van der Waals surface area (Å²) in [6.45, 7) is 2.48. The van der Waals surface area contributed by atoms with Crippen LogP contribution in [0.15, 0.2) is 77.3 Å². The molecule has 134 valence electrons. The van der Waals surface area contributed by atoms with Gasteiger partial charge in [0.25, 0.3) is 0 Å². The zero-order chi connectivity index (χ0) is 19.0. The highest BCUT2D eigenvalue weighted by Gasteiger charge is 2.19. The summed E-state index contributed by atoms with van der Waals surface area (Å²) in [5.41, 5.74) is 4.84. The molecule has 0 saturated carbocycles. The third-order valence-corrected chi connectivity index (χ3v) is 5.29. The molecular weight excluding hydrogens is 402 g/mol. The van der Waals surface area contributed by atoms with Crippen LogP contribution in [0.4, 0.5) is 0 Å². The maximum atomic E-state index is 12.2. The molecule has 0 amide bonds. The number of rotatable bonds is 4. The molecule has 27 heavy (non-hydrogen) atoms. The third-order valence-electron chi connectivity index (χ3n) is 4.76. The normalized spacial score (nSPS) is 11.0. The zero-order valence-corrected chi connectivity index (χ0v) is 16.4. The van der Waals surface area contributed by atoms with E-state index < -0.39 is 5.97 Å². The second kappa shape index (κ2) is 7.05. The Bertz CT molecular complexity index is 1130. The lowest BCUT2D eigenvalue weighted by atomic mass is 10.0. The molecular formula is C23H17BrNO2-. The first-order valence-electron chi connectivity index (χ1n) is 8.68. The molecule has 0 spiro atoms. The lowest BCUT2D eigenvalue weighted by Crippen LogP contribution is -2.26. The van der Waals surface area contributed by atoms with Crippen molar-refractivity contribution in [3.63, 3.8) is 0 Å². The van der Waals surface area contributed by atoms with E-state index in [1.807, 2.05) is 84.3 Å². The summed E-state index contributed by atoms with van der Waals surface area (Å²) in [4.78, 5) is 12.2. The Hall–Kier alpha value is -2.85. The third kappa shape index (κ3) is 3.28. The molecule has 0 radical (unpaired) electrons. The highest BCUT2D eigenvalue weighted by atomic mass is 79.9. The van der Waals surface area contributed by atoms with Crippen LogP contribution in [0, 0.1) is 6.92 Å². The predicted molar refractivity (Wildman–Crippen MR) is 110 cm³/mol. The number of hydrogen-bond acceptors (Lipinski definition) is 2.